The van der Waals surface area contributed by atoms with Crippen molar-refractivity contribution in [3.8, 4) is 9.88 Å². The fraction of sp³-hybridized carbons (Fsp3) is 0.267. The molecule has 0 fully saturated rings. The van der Waals surface area contributed by atoms with Gasteiger partial charge in [0.25, 0.3) is 0 Å². The molecule has 6 heteroatoms. The van der Waals surface area contributed by atoms with Crippen molar-refractivity contribution in [2.75, 3.05) is 7.05 Å². The number of nitrogens with zero attached hydrogens (tertiary/aromatic N) is 3. The van der Waals surface area contributed by atoms with Crippen LogP contribution in [0, 0.1) is 13.8 Å². The summed E-state index contributed by atoms with van der Waals surface area (Å²) < 4.78 is 0. The molecule has 1 aromatic carbocycles. The third kappa shape index (κ3) is 2.88. The lowest BCUT2D eigenvalue weighted by Crippen LogP contribution is -2.17. The Bertz CT molecular complexity index is 733. The summed E-state index contributed by atoms with van der Waals surface area (Å²) in [7, 11) is 1.95. The molecule has 0 radical (unpaired) electrons. The van der Waals surface area contributed by atoms with Gasteiger partial charge in [-0.25, -0.2) is 4.98 Å². The van der Waals surface area contributed by atoms with Crippen LogP contribution < -0.4 is 5.32 Å². The van der Waals surface area contributed by atoms with Crippen molar-refractivity contribution in [2.45, 2.75) is 19.9 Å². The number of benzene rings is 1. The Balaban J connectivity index is 1.95. The van der Waals surface area contributed by atoms with E-state index in [1.165, 1.54) is 5.56 Å². The molecule has 0 aliphatic rings. The molecule has 0 spiro atoms. The van der Waals surface area contributed by atoms with Crippen LogP contribution >= 0.6 is 22.7 Å². The summed E-state index contributed by atoms with van der Waals surface area (Å²) in [5.74, 6) is 0. The molecule has 0 bridgehead atoms. The molecule has 3 aromatic rings. The molecule has 0 aliphatic carbocycles. The van der Waals surface area contributed by atoms with Gasteiger partial charge in [-0.3, -0.25) is 0 Å². The molecule has 108 valence electrons. The first-order valence-electron chi connectivity index (χ1n) is 6.69. The summed E-state index contributed by atoms with van der Waals surface area (Å²) in [6, 6.07) is 10.4. The van der Waals surface area contributed by atoms with Crippen molar-refractivity contribution in [3.63, 3.8) is 0 Å². The number of hydrogen-bond acceptors (Lipinski definition) is 6. The van der Waals surface area contributed by atoms with E-state index in [0.717, 1.165) is 25.6 Å². The van der Waals surface area contributed by atoms with Crippen LogP contribution in [0.3, 0.4) is 0 Å². The number of thiazole rings is 1. The van der Waals surface area contributed by atoms with E-state index >= 15 is 0 Å². The average molecular weight is 316 g/mol. The van der Waals surface area contributed by atoms with Gasteiger partial charge >= 0.3 is 0 Å². The Morgan fingerprint density at radius 1 is 1.05 bits per heavy atom. The van der Waals surface area contributed by atoms with Gasteiger partial charge in [0.15, 0.2) is 5.01 Å². The number of aryl methyl sites for hydroxylation is 2. The predicted octanol–water partition coefficient (Wildman–Crippen LogP) is 3.59. The summed E-state index contributed by atoms with van der Waals surface area (Å²) in [4.78, 5) is 5.59. The highest BCUT2D eigenvalue weighted by Gasteiger charge is 2.19. The average Bonchev–Trinajstić information content (AvgIpc) is 3.08. The molecule has 1 unspecified atom stereocenters. The Labute approximate surface area is 131 Å². The topological polar surface area (TPSA) is 50.7 Å². The lowest BCUT2D eigenvalue weighted by Gasteiger charge is -2.12. The molecule has 0 saturated heterocycles. The minimum atomic E-state index is 0.0757. The maximum Gasteiger partial charge on any atom is 0.159 e. The second kappa shape index (κ2) is 6.01. The molecule has 0 amide bonds. The molecule has 2 heterocycles. The second-order valence-electron chi connectivity index (χ2n) is 4.73. The van der Waals surface area contributed by atoms with Gasteiger partial charge in [-0.1, -0.05) is 41.7 Å². The first kappa shape index (κ1) is 14.3. The number of hydrogen-bond donors (Lipinski definition) is 1. The van der Waals surface area contributed by atoms with Crippen molar-refractivity contribution in [3.05, 3.63) is 51.6 Å². The van der Waals surface area contributed by atoms with Gasteiger partial charge in [-0.2, -0.15) is 0 Å². The number of rotatable bonds is 4. The maximum absolute atomic E-state index is 4.46. The highest BCUT2D eigenvalue weighted by atomic mass is 32.1. The Kier molecular flexibility index (Phi) is 4.10. The molecule has 4 nitrogen and oxygen atoms in total. The van der Waals surface area contributed by atoms with Crippen LogP contribution in [0.25, 0.3) is 9.88 Å². The minimum Gasteiger partial charge on any atom is -0.307 e. The molecular weight excluding hydrogens is 300 g/mol. The predicted molar refractivity (Wildman–Crippen MR) is 87.8 cm³/mol. The normalized spacial score (nSPS) is 12.5. The van der Waals surface area contributed by atoms with E-state index in [9.17, 15) is 0 Å². The van der Waals surface area contributed by atoms with Gasteiger partial charge < -0.3 is 5.32 Å². The molecular formula is C15H16N4S2. The first-order valence-corrected chi connectivity index (χ1v) is 8.32. The standard InChI is InChI=1S/C15H16N4S2/c1-9-13(20-10(2)17-9)15-19-18-14(21-15)12(16-3)11-7-5-4-6-8-11/h4-8,12,16H,1-3H3. The van der Waals surface area contributed by atoms with Gasteiger partial charge in [-0.15, -0.1) is 21.5 Å². The van der Waals surface area contributed by atoms with Gasteiger partial charge in [-0.05, 0) is 26.5 Å². The van der Waals surface area contributed by atoms with E-state index in [-0.39, 0.29) is 6.04 Å². The molecule has 21 heavy (non-hydrogen) atoms. The molecule has 0 saturated carbocycles. The van der Waals surface area contributed by atoms with E-state index in [1.54, 1.807) is 22.7 Å². The minimum absolute atomic E-state index is 0.0757. The van der Waals surface area contributed by atoms with E-state index in [1.807, 2.05) is 39.1 Å². The third-order valence-corrected chi connectivity index (χ3v) is 5.42. The van der Waals surface area contributed by atoms with Gasteiger partial charge in [0.1, 0.15) is 5.01 Å². The summed E-state index contributed by atoms with van der Waals surface area (Å²) in [5.41, 5.74) is 2.22. The van der Waals surface area contributed by atoms with E-state index in [4.69, 9.17) is 0 Å². The first-order chi connectivity index (χ1) is 10.2. The lowest BCUT2D eigenvalue weighted by molar-refractivity contribution is 0.678. The largest absolute Gasteiger partial charge is 0.307 e. The number of aromatic nitrogens is 3. The molecule has 1 N–H and O–H groups in total. The Hall–Kier alpha value is -1.63. The quantitative estimate of drug-likeness (QED) is 0.799. The monoisotopic (exact) mass is 316 g/mol. The molecule has 2 aromatic heterocycles. The van der Waals surface area contributed by atoms with Crippen LogP contribution in [-0.2, 0) is 0 Å². The van der Waals surface area contributed by atoms with Crippen LogP contribution in [0.4, 0.5) is 0 Å². The van der Waals surface area contributed by atoms with Crippen molar-refractivity contribution < 1.29 is 0 Å². The zero-order chi connectivity index (χ0) is 14.8. The van der Waals surface area contributed by atoms with Crippen LogP contribution in [0.15, 0.2) is 30.3 Å². The van der Waals surface area contributed by atoms with Gasteiger partial charge in [0.05, 0.1) is 21.6 Å². The van der Waals surface area contributed by atoms with Crippen molar-refractivity contribution in [1.82, 2.24) is 20.5 Å². The van der Waals surface area contributed by atoms with Crippen LogP contribution in [0.2, 0.25) is 0 Å². The highest BCUT2D eigenvalue weighted by Crippen LogP contribution is 2.34. The van der Waals surface area contributed by atoms with Crippen LogP contribution in [-0.4, -0.2) is 22.2 Å². The smallest absolute Gasteiger partial charge is 0.159 e. The number of nitrogens with one attached hydrogen (secondary N) is 1. The van der Waals surface area contributed by atoms with Crippen molar-refractivity contribution in [1.29, 1.82) is 0 Å². The van der Waals surface area contributed by atoms with Gasteiger partial charge in [0, 0.05) is 0 Å². The van der Waals surface area contributed by atoms with E-state index in [0.29, 0.717) is 0 Å². The maximum atomic E-state index is 4.46. The van der Waals surface area contributed by atoms with Crippen LogP contribution in [0.5, 0.6) is 0 Å². The van der Waals surface area contributed by atoms with Gasteiger partial charge in [0.2, 0.25) is 0 Å². The summed E-state index contributed by atoms with van der Waals surface area (Å²) in [6.07, 6.45) is 0. The molecule has 1 atom stereocenters. The Morgan fingerprint density at radius 3 is 2.43 bits per heavy atom. The van der Waals surface area contributed by atoms with Crippen molar-refractivity contribution in [2.24, 2.45) is 0 Å². The zero-order valence-electron chi connectivity index (χ0n) is 12.1. The van der Waals surface area contributed by atoms with Crippen molar-refractivity contribution >= 4 is 22.7 Å². The Morgan fingerprint density at radius 2 is 1.81 bits per heavy atom. The summed E-state index contributed by atoms with van der Waals surface area (Å²) in [5, 5.41) is 15.0. The SMILES string of the molecule is CNC(c1ccccc1)c1nnc(-c2sc(C)nc2C)s1. The molecule has 3 rings (SSSR count). The summed E-state index contributed by atoms with van der Waals surface area (Å²) >= 11 is 3.30. The fourth-order valence-corrected chi connectivity index (χ4v) is 4.27. The molecule has 0 aliphatic heterocycles. The van der Waals surface area contributed by atoms with E-state index in [2.05, 4.69) is 32.6 Å². The second-order valence-corrected chi connectivity index (χ2v) is 6.94. The third-order valence-electron chi connectivity index (χ3n) is 3.21. The summed E-state index contributed by atoms with van der Waals surface area (Å²) in [6.45, 7) is 4.04. The van der Waals surface area contributed by atoms with Crippen LogP contribution in [0.1, 0.15) is 27.3 Å². The highest BCUT2D eigenvalue weighted by molar-refractivity contribution is 7.21. The fourth-order valence-electron chi connectivity index (χ4n) is 2.25. The lowest BCUT2D eigenvalue weighted by atomic mass is 10.1. The zero-order valence-corrected chi connectivity index (χ0v) is 13.8. The van der Waals surface area contributed by atoms with E-state index < -0.39 is 0 Å².